The molecule has 172 valence electrons. The van der Waals surface area contributed by atoms with Gasteiger partial charge in [-0.05, 0) is 66.9 Å². The van der Waals surface area contributed by atoms with Crippen molar-refractivity contribution in [3.8, 4) is 11.8 Å². The summed E-state index contributed by atoms with van der Waals surface area (Å²) in [5, 5.41) is 10.9. The summed E-state index contributed by atoms with van der Waals surface area (Å²) in [5.41, 5.74) is 5.22. The van der Waals surface area contributed by atoms with E-state index in [9.17, 15) is 14.9 Å². The molecule has 0 atom stereocenters. The number of aromatic nitrogens is 2. The van der Waals surface area contributed by atoms with Crippen molar-refractivity contribution >= 4 is 50.5 Å². The molecule has 0 saturated carbocycles. The average molecular weight is 530 g/mol. The third-order valence-corrected chi connectivity index (χ3v) is 7.13. The fraction of sp³-hybridized carbons (Fsp3) is 0.333. The van der Waals surface area contributed by atoms with Gasteiger partial charge in [0, 0.05) is 36.5 Å². The maximum absolute atomic E-state index is 13.0. The van der Waals surface area contributed by atoms with Gasteiger partial charge in [-0.15, -0.1) is 0 Å². The number of nitrogens with zero attached hydrogens (tertiary/aromatic N) is 3. The number of rotatable bonds is 6. The van der Waals surface area contributed by atoms with Gasteiger partial charge in [0.25, 0.3) is 0 Å². The summed E-state index contributed by atoms with van der Waals surface area (Å²) in [5.74, 6) is -0.202. The Morgan fingerprint density at radius 2 is 1.94 bits per heavy atom. The molecule has 0 aliphatic carbocycles. The number of carbonyl (C=O) groups excluding carboxylic acids is 2. The molecule has 7 nitrogen and oxygen atoms in total. The van der Waals surface area contributed by atoms with Crippen LogP contribution in [-0.2, 0) is 22.3 Å². The summed E-state index contributed by atoms with van der Waals surface area (Å²) < 4.78 is 13.1. The zero-order valence-corrected chi connectivity index (χ0v) is 21.7. The topological polar surface area (TPSA) is 94.2 Å². The maximum atomic E-state index is 13.0. The summed E-state index contributed by atoms with van der Waals surface area (Å²) in [7, 11) is 1.86. The lowest BCUT2D eigenvalue weighted by molar-refractivity contribution is -0.131. The van der Waals surface area contributed by atoms with Crippen LogP contribution in [0.3, 0.4) is 0 Å². The fourth-order valence-electron chi connectivity index (χ4n) is 3.61. The molecule has 0 aliphatic rings. The molecule has 0 radical (unpaired) electrons. The van der Waals surface area contributed by atoms with Crippen LogP contribution in [0.4, 0.5) is 0 Å². The van der Waals surface area contributed by atoms with Crippen LogP contribution in [0.15, 0.2) is 21.6 Å². The summed E-state index contributed by atoms with van der Waals surface area (Å²) in [6.45, 7) is 9.09. The largest absolute Gasteiger partial charge is 0.462 e. The second-order valence-electron chi connectivity index (χ2n) is 7.52. The van der Waals surface area contributed by atoms with Crippen LogP contribution in [0.1, 0.15) is 52.3 Å². The lowest BCUT2D eigenvalue weighted by Crippen LogP contribution is -2.09. The Hall–Kier alpha value is -2.83. The van der Waals surface area contributed by atoms with E-state index in [0.29, 0.717) is 37.5 Å². The van der Waals surface area contributed by atoms with Crippen LogP contribution in [0.2, 0.25) is 0 Å². The van der Waals surface area contributed by atoms with Gasteiger partial charge in [-0.3, -0.25) is 4.79 Å². The number of ether oxygens (including phenoxy) is 2. The van der Waals surface area contributed by atoms with E-state index in [1.54, 1.807) is 13.0 Å². The first-order valence-corrected chi connectivity index (χ1v) is 12.1. The van der Waals surface area contributed by atoms with Crippen molar-refractivity contribution in [2.24, 2.45) is 7.05 Å². The van der Waals surface area contributed by atoms with Crippen molar-refractivity contribution in [3.05, 3.63) is 50.2 Å². The van der Waals surface area contributed by atoms with Crippen LogP contribution in [0.5, 0.6) is 5.75 Å². The van der Waals surface area contributed by atoms with Crippen molar-refractivity contribution in [1.29, 1.82) is 5.26 Å². The van der Waals surface area contributed by atoms with Gasteiger partial charge in [0.15, 0.2) is 0 Å². The van der Waals surface area contributed by atoms with Gasteiger partial charge >= 0.3 is 11.9 Å². The second-order valence-corrected chi connectivity index (χ2v) is 9.34. The van der Waals surface area contributed by atoms with E-state index < -0.39 is 11.9 Å². The first-order valence-electron chi connectivity index (χ1n) is 10.3. The van der Waals surface area contributed by atoms with Gasteiger partial charge in [-0.25, -0.2) is 9.78 Å². The van der Waals surface area contributed by atoms with Crippen molar-refractivity contribution in [3.63, 3.8) is 0 Å². The first kappa shape index (κ1) is 24.8. The second kappa shape index (κ2) is 9.98. The molecule has 3 rings (SSSR count). The number of benzene rings is 1. The molecule has 2 heterocycles. The van der Waals surface area contributed by atoms with Crippen LogP contribution in [-0.4, -0.2) is 28.1 Å². The minimum Gasteiger partial charge on any atom is -0.462 e. The van der Waals surface area contributed by atoms with E-state index in [1.807, 2.05) is 38.5 Å². The molecule has 0 unspecified atom stereocenters. The van der Waals surface area contributed by atoms with E-state index in [1.165, 1.54) is 18.7 Å². The van der Waals surface area contributed by atoms with E-state index in [-0.39, 0.29) is 6.61 Å². The van der Waals surface area contributed by atoms with Crippen molar-refractivity contribution < 1.29 is 19.1 Å². The van der Waals surface area contributed by atoms with Crippen molar-refractivity contribution in [2.75, 3.05) is 6.61 Å². The van der Waals surface area contributed by atoms with Gasteiger partial charge in [-0.2, -0.15) is 5.26 Å². The number of esters is 2. The van der Waals surface area contributed by atoms with Gasteiger partial charge in [0.1, 0.15) is 16.8 Å². The molecule has 0 amide bonds. The predicted molar refractivity (Wildman–Crippen MR) is 131 cm³/mol. The highest BCUT2D eigenvalue weighted by molar-refractivity contribution is 9.10. The molecular weight excluding hydrogens is 506 g/mol. The quantitative estimate of drug-likeness (QED) is 0.235. The molecule has 0 aliphatic heterocycles. The molecule has 0 spiro atoms. The molecule has 0 fully saturated rings. The molecule has 0 bridgehead atoms. The average Bonchev–Trinajstić information content (AvgIpc) is 3.01. The number of fused-ring (bicyclic) bond motifs is 1. The van der Waals surface area contributed by atoms with Crippen molar-refractivity contribution in [1.82, 2.24) is 9.55 Å². The Labute approximate surface area is 205 Å². The van der Waals surface area contributed by atoms with Gasteiger partial charge < -0.3 is 14.0 Å². The lowest BCUT2D eigenvalue weighted by Gasteiger charge is -2.12. The third-order valence-electron chi connectivity index (χ3n) is 5.53. The van der Waals surface area contributed by atoms with Crippen LogP contribution in [0.25, 0.3) is 10.9 Å². The molecule has 1 aromatic carbocycles. The molecule has 9 heteroatoms. The molecule has 0 saturated heterocycles. The van der Waals surface area contributed by atoms with E-state index in [0.717, 1.165) is 28.0 Å². The van der Waals surface area contributed by atoms with Crippen molar-refractivity contribution in [2.45, 2.75) is 45.4 Å². The van der Waals surface area contributed by atoms with E-state index in [2.05, 4.69) is 27.0 Å². The number of aryl methyl sites for hydroxylation is 2. The lowest BCUT2D eigenvalue weighted by atomic mass is 10.1. The predicted octanol–water partition coefficient (Wildman–Crippen LogP) is 5.53. The third kappa shape index (κ3) is 4.77. The smallest absolute Gasteiger partial charge is 0.340 e. The van der Waals surface area contributed by atoms with Gasteiger partial charge in [-0.1, -0.05) is 11.8 Å². The number of hydrogen-bond acceptors (Lipinski definition) is 7. The highest BCUT2D eigenvalue weighted by Crippen LogP contribution is 2.38. The van der Waals surface area contributed by atoms with Crippen LogP contribution in [0, 0.1) is 32.1 Å². The number of hydrogen-bond donors (Lipinski definition) is 0. The van der Waals surface area contributed by atoms with E-state index in [4.69, 9.17) is 9.47 Å². The number of halogens is 1. The number of carbonyl (C=O) groups is 2. The zero-order valence-electron chi connectivity index (χ0n) is 19.3. The van der Waals surface area contributed by atoms with Gasteiger partial charge in [0.05, 0.1) is 27.7 Å². The summed E-state index contributed by atoms with van der Waals surface area (Å²) in [6.07, 6.45) is 0. The standard InChI is InChI=1S/C24H24BrN3O4S/c1-7-31-24(30)22-16-8-21(32-15(5)29)18(25)9-19(16)28(6)20(22)11-33-23-17(10-26)13(3)12(2)14(4)27-23/h8-9H,7,11H2,1-6H3. The SMILES string of the molecule is CCOC(=O)c1c(CSc2nc(C)c(C)c(C)c2C#N)n(C)c2cc(Br)c(OC(C)=O)cc12. The normalized spacial score (nSPS) is 10.8. The zero-order chi connectivity index (χ0) is 24.4. The highest BCUT2D eigenvalue weighted by atomic mass is 79.9. The first-order chi connectivity index (χ1) is 15.6. The molecule has 3 aromatic rings. The maximum Gasteiger partial charge on any atom is 0.340 e. The highest BCUT2D eigenvalue weighted by Gasteiger charge is 2.25. The number of thioether (sulfide) groups is 1. The molecule has 0 N–H and O–H groups in total. The van der Waals surface area contributed by atoms with Gasteiger partial charge in [0.2, 0.25) is 0 Å². The Kier molecular flexibility index (Phi) is 7.50. The Morgan fingerprint density at radius 3 is 2.55 bits per heavy atom. The Morgan fingerprint density at radius 1 is 1.24 bits per heavy atom. The summed E-state index contributed by atoms with van der Waals surface area (Å²) >= 11 is 4.84. The molecule has 2 aromatic heterocycles. The number of pyridine rings is 1. The fourth-order valence-corrected chi connectivity index (χ4v) is 5.17. The van der Waals surface area contributed by atoms with Crippen LogP contribution >= 0.6 is 27.7 Å². The minimum atomic E-state index is -0.459. The summed E-state index contributed by atoms with van der Waals surface area (Å²) in [4.78, 5) is 29.1. The van der Waals surface area contributed by atoms with E-state index >= 15 is 0 Å². The number of nitriles is 1. The minimum absolute atomic E-state index is 0.228. The molecule has 33 heavy (non-hydrogen) atoms. The monoisotopic (exact) mass is 529 g/mol. The summed E-state index contributed by atoms with van der Waals surface area (Å²) in [6, 6.07) is 5.74. The Balaban J connectivity index is 2.16. The van der Waals surface area contributed by atoms with Crippen LogP contribution < -0.4 is 4.74 Å². The molecular formula is C24H24BrN3O4S. The Bertz CT molecular complexity index is 1320.